The van der Waals surface area contributed by atoms with Gasteiger partial charge in [0.2, 0.25) is 5.91 Å². The molecule has 8 heteroatoms. The highest BCUT2D eigenvalue weighted by Gasteiger charge is 2.28. The Bertz CT molecular complexity index is 956. The first-order valence-electron chi connectivity index (χ1n) is 9.54. The Balaban J connectivity index is 1.75. The van der Waals surface area contributed by atoms with E-state index in [1.807, 2.05) is 13.8 Å². The molecule has 0 aromatic heterocycles. The molecule has 2 amide bonds. The zero-order chi connectivity index (χ0) is 21.7. The minimum atomic E-state index is -0.348. The third-order valence-corrected chi connectivity index (χ3v) is 4.39. The van der Waals surface area contributed by atoms with Crippen LogP contribution in [0, 0.1) is 0 Å². The molecule has 0 fully saturated rings. The predicted octanol–water partition coefficient (Wildman–Crippen LogP) is 2.21. The van der Waals surface area contributed by atoms with E-state index in [0.717, 1.165) is 0 Å². The summed E-state index contributed by atoms with van der Waals surface area (Å²) in [5, 5.41) is 2.76. The van der Waals surface area contributed by atoms with E-state index in [9.17, 15) is 14.4 Å². The molecule has 1 aliphatic heterocycles. The van der Waals surface area contributed by atoms with E-state index in [1.54, 1.807) is 49.6 Å². The van der Waals surface area contributed by atoms with Crippen LogP contribution in [0.25, 0.3) is 0 Å². The maximum absolute atomic E-state index is 12.6. The molecule has 30 heavy (non-hydrogen) atoms. The van der Waals surface area contributed by atoms with Gasteiger partial charge < -0.3 is 19.5 Å². The fourth-order valence-electron chi connectivity index (χ4n) is 2.98. The molecule has 0 atom stereocenters. The summed E-state index contributed by atoms with van der Waals surface area (Å²) < 4.78 is 16.1. The zero-order valence-electron chi connectivity index (χ0n) is 17.1. The Kier molecular flexibility index (Phi) is 6.56. The Morgan fingerprint density at radius 2 is 1.93 bits per heavy atom. The van der Waals surface area contributed by atoms with Gasteiger partial charge in [-0.3, -0.25) is 19.3 Å². The molecule has 0 unspecified atom stereocenters. The van der Waals surface area contributed by atoms with Gasteiger partial charge in [-0.25, -0.2) is 0 Å². The molecule has 0 bridgehead atoms. The molecule has 2 aromatic carbocycles. The summed E-state index contributed by atoms with van der Waals surface area (Å²) in [6, 6.07) is 11.7. The van der Waals surface area contributed by atoms with Crippen molar-refractivity contribution in [2.75, 3.05) is 31.8 Å². The fraction of sp³-hybridized carbons (Fsp3) is 0.318. The van der Waals surface area contributed by atoms with Crippen molar-refractivity contribution in [1.29, 1.82) is 0 Å². The smallest absolute Gasteiger partial charge is 0.265 e. The number of benzene rings is 2. The molecular formula is C22H24N2O6. The fourth-order valence-corrected chi connectivity index (χ4v) is 2.98. The quantitative estimate of drug-likeness (QED) is 0.668. The van der Waals surface area contributed by atoms with Crippen molar-refractivity contribution in [2.24, 2.45) is 0 Å². The second-order valence-corrected chi connectivity index (χ2v) is 7.06. The van der Waals surface area contributed by atoms with Crippen molar-refractivity contribution in [3.8, 4) is 17.2 Å². The lowest BCUT2D eigenvalue weighted by Crippen LogP contribution is -2.46. The van der Waals surface area contributed by atoms with E-state index in [1.165, 1.54) is 4.90 Å². The lowest BCUT2D eigenvalue weighted by molar-refractivity contribution is -0.125. The Morgan fingerprint density at radius 1 is 1.17 bits per heavy atom. The summed E-state index contributed by atoms with van der Waals surface area (Å²) in [6.07, 6.45) is 0. The lowest BCUT2D eigenvalue weighted by atomic mass is 10.1. The molecule has 0 radical (unpaired) electrons. The number of ketones is 1. The SMILES string of the molecule is COc1cccc(OCC(=O)c2ccc3c(c2)N(CC(=O)NC(C)C)C(=O)CO3)c1. The van der Waals surface area contributed by atoms with E-state index < -0.39 is 0 Å². The van der Waals surface area contributed by atoms with Crippen molar-refractivity contribution in [3.05, 3.63) is 48.0 Å². The number of amides is 2. The van der Waals surface area contributed by atoms with Gasteiger partial charge in [-0.15, -0.1) is 0 Å². The number of hydrogen-bond acceptors (Lipinski definition) is 6. The number of nitrogens with one attached hydrogen (secondary N) is 1. The van der Waals surface area contributed by atoms with Crippen LogP contribution in [0.2, 0.25) is 0 Å². The number of methoxy groups -OCH3 is 1. The summed E-state index contributed by atoms with van der Waals surface area (Å²) >= 11 is 0. The van der Waals surface area contributed by atoms with E-state index in [0.29, 0.717) is 28.5 Å². The van der Waals surface area contributed by atoms with Gasteiger partial charge in [-0.1, -0.05) is 6.07 Å². The highest BCUT2D eigenvalue weighted by atomic mass is 16.5. The van der Waals surface area contributed by atoms with Crippen molar-refractivity contribution >= 4 is 23.3 Å². The molecule has 0 saturated heterocycles. The number of rotatable bonds is 8. The molecular weight excluding hydrogens is 388 g/mol. The third kappa shape index (κ3) is 5.08. The van der Waals surface area contributed by atoms with Gasteiger partial charge in [-0.05, 0) is 44.2 Å². The van der Waals surface area contributed by atoms with E-state index in [4.69, 9.17) is 14.2 Å². The molecule has 1 heterocycles. The summed E-state index contributed by atoms with van der Waals surface area (Å²) in [4.78, 5) is 38.5. The van der Waals surface area contributed by atoms with Crippen molar-refractivity contribution in [3.63, 3.8) is 0 Å². The first-order chi connectivity index (χ1) is 14.4. The highest BCUT2D eigenvalue weighted by molar-refractivity contribution is 6.04. The van der Waals surface area contributed by atoms with Crippen LogP contribution in [0.3, 0.4) is 0 Å². The van der Waals surface area contributed by atoms with Gasteiger partial charge in [0.05, 0.1) is 12.8 Å². The number of carbonyl (C=O) groups excluding carboxylic acids is 3. The maximum Gasteiger partial charge on any atom is 0.265 e. The molecule has 0 saturated carbocycles. The van der Waals surface area contributed by atoms with Crippen molar-refractivity contribution < 1.29 is 28.6 Å². The average Bonchev–Trinajstić information content (AvgIpc) is 2.73. The van der Waals surface area contributed by atoms with Crippen LogP contribution in [-0.4, -0.2) is 50.5 Å². The van der Waals surface area contributed by atoms with Gasteiger partial charge in [0, 0.05) is 17.7 Å². The molecule has 8 nitrogen and oxygen atoms in total. The van der Waals surface area contributed by atoms with Gasteiger partial charge in [-0.2, -0.15) is 0 Å². The summed E-state index contributed by atoms with van der Waals surface area (Å²) in [6.45, 7) is 3.19. The standard InChI is InChI=1S/C22H24N2O6/c1-14(2)23-21(26)11-24-18-9-15(7-8-20(18)30-13-22(24)27)19(25)12-29-17-6-4-5-16(10-17)28-3/h4-10,14H,11-13H2,1-3H3,(H,23,26). The Labute approximate surface area is 174 Å². The van der Waals surface area contributed by atoms with E-state index in [-0.39, 0.29) is 43.4 Å². The van der Waals surface area contributed by atoms with Crippen LogP contribution >= 0.6 is 0 Å². The predicted molar refractivity (Wildman–Crippen MR) is 110 cm³/mol. The summed E-state index contributed by atoms with van der Waals surface area (Å²) in [5.41, 5.74) is 0.738. The number of anilines is 1. The van der Waals surface area contributed by atoms with E-state index in [2.05, 4.69) is 5.32 Å². The molecule has 1 N–H and O–H groups in total. The molecule has 2 aromatic rings. The summed E-state index contributed by atoms with van der Waals surface area (Å²) in [5.74, 6) is 0.663. The first kappa shape index (κ1) is 21.2. The number of ether oxygens (including phenoxy) is 3. The molecule has 0 spiro atoms. The zero-order valence-corrected chi connectivity index (χ0v) is 17.1. The highest BCUT2D eigenvalue weighted by Crippen LogP contribution is 2.33. The number of nitrogens with zero attached hydrogens (tertiary/aromatic N) is 1. The van der Waals surface area contributed by atoms with Crippen LogP contribution in [0.4, 0.5) is 5.69 Å². The lowest BCUT2D eigenvalue weighted by Gasteiger charge is -2.29. The minimum absolute atomic E-state index is 0.0465. The Morgan fingerprint density at radius 3 is 2.67 bits per heavy atom. The molecule has 1 aliphatic rings. The van der Waals surface area contributed by atoms with Gasteiger partial charge in [0.1, 0.15) is 23.8 Å². The second-order valence-electron chi connectivity index (χ2n) is 7.06. The maximum atomic E-state index is 12.6. The molecule has 158 valence electrons. The molecule has 3 rings (SSSR count). The third-order valence-electron chi connectivity index (χ3n) is 4.39. The summed E-state index contributed by atoms with van der Waals surface area (Å²) in [7, 11) is 1.55. The van der Waals surface area contributed by atoms with E-state index >= 15 is 0 Å². The second kappa shape index (κ2) is 9.30. The topological polar surface area (TPSA) is 94.2 Å². The first-order valence-corrected chi connectivity index (χ1v) is 9.54. The van der Waals surface area contributed by atoms with Crippen LogP contribution in [0.5, 0.6) is 17.2 Å². The van der Waals surface area contributed by atoms with Crippen LogP contribution in [0.15, 0.2) is 42.5 Å². The van der Waals surface area contributed by atoms with Crippen LogP contribution in [-0.2, 0) is 9.59 Å². The van der Waals surface area contributed by atoms with Crippen LogP contribution < -0.4 is 24.4 Å². The average molecular weight is 412 g/mol. The minimum Gasteiger partial charge on any atom is -0.497 e. The number of carbonyl (C=O) groups is 3. The Hall–Kier alpha value is -3.55. The largest absolute Gasteiger partial charge is 0.497 e. The van der Waals surface area contributed by atoms with Crippen LogP contribution in [0.1, 0.15) is 24.2 Å². The van der Waals surface area contributed by atoms with Gasteiger partial charge in [0.15, 0.2) is 19.0 Å². The van der Waals surface area contributed by atoms with Gasteiger partial charge >= 0.3 is 0 Å². The number of Topliss-reactive ketones (excluding diaryl/α,β-unsaturated/α-hetero) is 1. The molecule has 0 aliphatic carbocycles. The monoisotopic (exact) mass is 412 g/mol. The van der Waals surface area contributed by atoms with Crippen molar-refractivity contribution in [2.45, 2.75) is 19.9 Å². The van der Waals surface area contributed by atoms with Gasteiger partial charge in [0.25, 0.3) is 5.91 Å². The number of fused-ring (bicyclic) bond motifs is 1. The normalized spacial score (nSPS) is 12.8. The number of hydrogen-bond donors (Lipinski definition) is 1. The van der Waals surface area contributed by atoms with Crippen molar-refractivity contribution in [1.82, 2.24) is 5.32 Å².